The van der Waals surface area contributed by atoms with Crippen LogP contribution in [0.5, 0.6) is 5.75 Å². The van der Waals surface area contributed by atoms with Gasteiger partial charge in [0.2, 0.25) is 0 Å². The summed E-state index contributed by atoms with van der Waals surface area (Å²) < 4.78 is 5.31. The predicted octanol–water partition coefficient (Wildman–Crippen LogP) is 4.90. The molecule has 162 valence electrons. The van der Waals surface area contributed by atoms with E-state index in [4.69, 9.17) is 9.72 Å². The molecule has 0 atom stereocenters. The van der Waals surface area contributed by atoms with Crippen LogP contribution in [0.3, 0.4) is 0 Å². The third-order valence-corrected chi connectivity index (χ3v) is 6.86. The Labute approximate surface area is 191 Å². The predicted molar refractivity (Wildman–Crippen MR) is 130 cm³/mol. The highest BCUT2D eigenvalue weighted by Crippen LogP contribution is 2.38. The smallest absolute Gasteiger partial charge is 0.159 e. The number of Topliss-reactive ketones (excluding diaryl/α,β-unsaturated/α-hetero) is 1. The van der Waals surface area contributed by atoms with Crippen LogP contribution in [0.2, 0.25) is 0 Å². The second kappa shape index (κ2) is 8.59. The quantitative estimate of drug-likeness (QED) is 0.408. The zero-order chi connectivity index (χ0) is 22.1. The highest BCUT2D eigenvalue weighted by Gasteiger charge is 2.22. The van der Waals surface area contributed by atoms with Crippen molar-refractivity contribution >= 4 is 38.8 Å². The number of piperazine rings is 1. The van der Waals surface area contributed by atoms with Crippen molar-refractivity contribution in [2.45, 2.75) is 6.92 Å². The maximum atomic E-state index is 11.5. The molecular weight excluding hydrogens is 420 g/mol. The highest BCUT2D eigenvalue weighted by molar-refractivity contribution is 7.17. The Kier molecular flexibility index (Phi) is 5.49. The van der Waals surface area contributed by atoms with E-state index in [0.29, 0.717) is 0 Å². The van der Waals surface area contributed by atoms with Crippen LogP contribution >= 0.6 is 11.3 Å². The molecule has 0 radical (unpaired) electrons. The number of rotatable bonds is 5. The number of aromatic nitrogens is 2. The van der Waals surface area contributed by atoms with Crippen LogP contribution in [0.4, 0.5) is 11.5 Å². The fraction of sp³-hybridized carbons (Fsp3) is 0.240. The molecule has 0 N–H and O–H groups in total. The molecule has 1 fully saturated rings. The Balaban J connectivity index is 1.39. The van der Waals surface area contributed by atoms with Crippen molar-refractivity contribution in [3.05, 3.63) is 65.8 Å². The van der Waals surface area contributed by atoms with Crippen molar-refractivity contribution in [3.8, 4) is 16.9 Å². The first kappa shape index (κ1) is 20.5. The lowest BCUT2D eigenvalue weighted by Gasteiger charge is -2.37. The van der Waals surface area contributed by atoms with Gasteiger partial charge < -0.3 is 14.5 Å². The van der Waals surface area contributed by atoms with Crippen LogP contribution in [0.25, 0.3) is 21.3 Å². The van der Waals surface area contributed by atoms with E-state index >= 15 is 0 Å². The van der Waals surface area contributed by atoms with Gasteiger partial charge in [0, 0.05) is 48.4 Å². The molecule has 0 amide bonds. The summed E-state index contributed by atoms with van der Waals surface area (Å²) >= 11 is 1.65. The minimum atomic E-state index is 0.0950. The summed E-state index contributed by atoms with van der Waals surface area (Å²) in [7, 11) is 1.68. The van der Waals surface area contributed by atoms with Crippen molar-refractivity contribution in [1.29, 1.82) is 0 Å². The molecule has 0 aliphatic carbocycles. The van der Waals surface area contributed by atoms with Gasteiger partial charge in [0.05, 0.1) is 12.5 Å². The number of nitrogens with zero attached hydrogens (tertiary/aromatic N) is 4. The number of anilines is 2. The zero-order valence-electron chi connectivity index (χ0n) is 18.1. The number of carbonyl (C=O) groups excluding carboxylic acids is 1. The van der Waals surface area contributed by atoms with Crippen molar-refractivity contribution in [1.82, 2.24) is 9.97 Å². The van der Waals surface area contributed by atoms with Crippen LogP contribution < -0.4 is 14.5 Å². The van der Waals surface area contributed by atoms with Gasteiger partial charge in [0.15, 0.2) is 5.78 Å². The molecule has 0 bridgehead atoms. The number of methoxy groups -OCH3 is 1. The third kappa shape index (κ3) is 3.80. The molecule has 4 aromatic rings. The number of thiophene rings is 1. The molecule has 5 rings (SSSR count). The summed E-state index contributed by atoms with van der Waals surface area (Å²) in [5, 5.41) is 3.28. The lowest BCUT2D eigenvalue weighted by Crippen LogP contribution is -2.46. The van der Waals surface area contributed by atoms with Crippen molar-refractivity contribution in [2.24, 2.45) is 0 Å². The van der Waals surface area contributed by atoms with Crippen LogP contribution in [-0.2, 0) is 0 Å². The lowest BCUT2D eigenvalue weighted by molar-refractivity contribution is 0.101. The number of fused-ring (bicyclic) bond motifs is 1. The van der Waals surface area contributed by atoms with Crippen molar-refractivity contribution in [3.63, 3.8) is 0 Å². The van der Waals surface area contributed by atoms with Crippen LogP contribution in [0.1, 0.15) is 17.3 Å². The van der Waals surface area contributed by atoms with E-state index in [-0.39, 0.29) is 5.78 Å². The molecular formula is C25H24N4O2S. The summed E-state index contributed by atoms with van der Waals surface area (Å²) in [6.07, 6.45) is 1.67. The summed E-state index contributed by atoms with van der Waals surface area (Å²) in [6, 6.07) is 16.0. The van der Waals surface area contributed by atoms with Crippen LogP contribution in [0, 0.1) is 0 Å². The maximum Gasteiger partial charge on any atom is 0.159 e. The van der Waals surface area contributed by atoms with Crippen LogP contribution in [-0.4, -0.2) is 49.0 Å². The highest BCUT2D eigenvalue weighted by atomic mass is 32.1. The zero-order valence-corrected chi connectivity index (χ0v) is 18.9. The lowest BCUT2D eigenvalue weighted by atomic mass is 10.1. The Bertz CT molecular complexity index is 1240. The topological polar surface area (TPSA) is 58.6 Å². The second-order valence-corrected chi connectivity index (χ2v) is 8.69. The van der Waals surface area contributed by atoms with Gasteiger partial charge in [-0.3, -0.25) is 4.79 Å². The van der Waals surface area contributed by atoms with Gasteiger partial charge in [0.25, 0.3) is 0 Å². The Morgan fingerprint density at radius 2 is 1.62 bits per heavy atom. The Morgan fingerprint density at radius 1 is 0.938 bits per heavy atom. The maximum absolute atomic E-state index is 11.5. The summed E-state index contributed by atoms with van der Waals surface area (Å²) in [4.78, 5) is 26.5. The first-order valence-electron chi connectivity index (χ1n) is 10.6. The normalized spacial score (nSPS) is 14.1. The standard InChI is InChI=1S/C25H24N4O2S/c1-17(30)18-3-7-20(8-4-18)28-11-13-29(14-12-28)24-23-22(15-32-25(23)27-16-26-24)19-5-9-21(31-2)10-6-19/h3-10,15-16H,11-14H2,1-2H3. The number of ether oxygens (including phenoxy) is 1. The minimum absolute atomic E-state index is 0.0950. The SMILES string of the molecule is COc1ccc(-c2csc3ncnc(N4CCN(c5ccc(C(C)=O)cc5)CC4)c23)cc1. The molecule has 0 spiro atoms. The van der Waals surface area contributed by atoms with Gasteiger partial charge in [0.1, 0.15) is 22.7 Å². The summed E-state index contributed by atoms with van der Waals surface area (Å²) in [6.45, 7) is 5.14. The largest absolute Gasteiger partial charge is 0.497 e. The number of carbonyl (C=O) groups is 1. The number of hydrogen-bond donors (Lipinski definition) is 0. The minimum Gasteiger partial charge on any atom is -0.497 e. The molecule has 1 aliphatic heterocycles. The number of benzene rings is 2. The molecule has 7 heteroatoms. The monoisotopic (exact) mass is 444 g/mol. The van der Waals surface area contributed by atoms with E-state index in [9.17, 15) is 4.79 Å². The van der Waals surface area contributed by atoms with E-state index in [1.807, 2.05) is 36.4 Å². The van der Waals surface area contributed by atoms with Gasteiger partial charge in [-0.05, 0) is 48.9 Å². The fourth-order valence-electron chi connectivity index (χ4n) is 4.17. The summed E-state index contributed by atoms with van der Waals surface area (Å²) in [5.41, 5.74) is 4.19. The molecule has 32 heavy (non-hydrogen) atoms. The molecule has 0 unspecified atom stereocenters. The molecule has 1 saturated heterocycles. The van der Waals surface area contributed by atoms with Crippen molar-refractivity contribution in [2.75, 3.05) is 43.1 Å². The van der Waals surface area contributed by atoms with Gasteiger partial charge >= 0.3 is 0 Å². The van der Waals surface area contributed by atoms with Gasteiger partial charge in [-0.1, -0.05) is 12.1 Å². The first-order valence-corrected chi connectivity index (χ1v) is 11.5. The molecule has 2 aromatic heterocycles. The molecule has 6 nitrogen and oxygen atoms in total. The Hall–Kier alpha value is -3.45. The van der Waals surface area contributed by atoms with E-state index < -0.39 is 0 Å². The van der Waals surface area contributed by atoms with E-state index in [2.05, 4.69) is 32.3 Å². The average Bonchev–Trinajstić information content (AvgIpc) is 3.29. The second-order valence-electron chi connectivity index (χ2n) is 7.83. The van der Waals surface area contributed by atoms with Gasteiger partial charge in [-0.15, -0.1) is 11.3 Å². The average molecular weight is 445 g/mol. The number of ketones is 1. The van der Waals surface area contributed by atoms with Gasteiger partial charge in [-0.25, -0.2) is 9.97 Å². The molecule has 0 saturated carbocycles. The van der Waals surface area contributed by atoms with Crippen molar-refractivity contribution < 1.29 is 9.53 Å². The summed E-state index contributed by atoms with van der Waals surface area (Å²) in [5.74, 6) is 1.93. The van der Waals surface area contributed by atoms with Gasteiger partial charge in [-0.2, -0.15) is 0 Å². The molecule has 1 aliphatic rings. The van der Waals surface area contributed by atoms with E-state index in [1.165, 1.54) is 0 Å². The van der Waals surface area contributed by atoms with E-state index in [0.717, 1.165) is 70.3 Å². The molecule has 3 heterocycles. The third-order valence-electron chi connectivity index (χ3n) is 5.97. The first-order chi connectivity index (χ1) is 15.6. The Morgan fingerprint density at radius 3 is 2.28 bits per heavy atom. The molecule has 2 aromatic carbocycles. The van der Waals surface area contributed by atoms with E-state index in [1.54, 1.807) is 31.7 Å². The van der Waals surface area contributed by atoms with Crippen LogP contribution in [0.15, 0.2) is 60.2 Å². The fourth-order valence-corrected chi connectivity index (χ4v) is 5.08. The number of hydrogen-bond acceptors (Lipinski definition) is 7.